The number of carbonyl (C=O) groups is 1. The number of benzene rings is 1. The van der Waals surface area contributed by atoms with Crippen LogP contribution in [0.4, 0.5) is 0 Å². The average Bonchev–Trinajstić information content (AvgIpc) is 3.17. The molecule has 1 saturated heterocycles. The van der Waals surface area contributed by atoms with Gasteiger partial charge >= 0.3 is 0 Å². The third-order valence-corrected chi connectivity index (χ3v) is 6.31. The van der Waals surface area contributed by atoms with Crippen LogP contribution >= 0.6 is 27.3 Å². The number of hydrogen-bond donors (Lipinski definition) is 1. The molecular formula is C20H25BrN2O2S. The van der Waals surface area contributed by atoms with Crippen LogP contribution in [0.3, 0.4) is 0 Å². The van der Waals surface area contributed by atoms with E-state index in [4.69, 9.17) is 4.74 Å². The maximum atomic E-state index is 12.2. The summed E-state index contributed by atoms with van der Waals surface area (Å²) in [6.45, 7) is 5.16. The Morgan fingerprint density at radius 3 is 2.69 bits per heavy atom. The number of thiophene rings is 1. The second-order valence-electron chi connectivity index (χ2n) is 6.80. The van der Waals surface area contributed by atoms with Gasteiger partial charge in [0.15, 0.2) is 6.61 Å². The van der Waals surface area contributed by atoms with Crippen molar-refractivity contribution in [2.24, 2.45) is 5.92 Å². The third kappa shape index (κ3) is 5.56. The zero-order valence-corrected chi connectivity index (χ0v) is 17.4. The topological polar surface area (TPSA) is 41.6 Å². The molecule has 1 N–H and O–H groups in total. The molecule has 1 aliphatic rings. The summed E-state index contributed by atoms with van der Waals surface area (Å²) >= 11 is 5.15. The molecule has 1 aliphatic heterocycles. The van der Waals surface area contributed by atoms with E-state index in [2.05, 4.69) is 50.6 Å². The quantitative estimate of drug-likeness (QED) is 0.695. The summed E-state index contributed by atoms with van der Waals surface area (Å²) in [7, 11) is 0. The van der Waals surface area contributed by atoms with Crippen molar-refractivity contribution in [1.82, 2.24) is 10.2 Å². The van der Waals surface area contributed by atoms with Crippen LogP contribution < -0.4 is 10.1 Å². The minimum atomic E-state index is -0.0835. The molecule has 3 rings (SSSR count). The zero-order valence-electron chi connectivity index (χ0n) is 15.0. The van der Waals surface area contributed by atoms with Crippen molar-refractivity contribution in [2.75, 3.05) is 26.2 Å². The highest BCUT2D eigenvalue weighted by atomic mass is 79.9. The minimum Gasteiger partial charge on any atom is -0.484 e. The van der Waals surface area contributed by atoms with Gasteiger partial charge in [-0.05, 0) is 67.6 Å². The summed E-state index contributed by atoms with van der Waals surface area (Å²) in [5, 5.41) is 5.16. The number of nitrogens with zero attached hydrogens (tertiary/aromatic N) is 1. The first-order valence-electron chi connectivity index (χ1n) is 9.04. The largest absolute Gasteiger partial charge is 0.484 e. The number of hydrogen-bond acceptors (Lipinski definition) is 4. The predicted molar refractivity (Wildman–Crippen MR) is 110 cm³/mol. The van der Waals surface area contributed by atoms with Gasteiger partial charge in [-0.25, -0.2) is 0 Å². The highest BCUT2D eigenvalue weighted by Gasteiger charge is 2.25. The number of halogens is 1. The predicted octanol–water partition coefficient (Wildman–Crippen LogP) is 4.48. The summed E-state index contributed by atoms with van der Waals surface area (Å²) in [6, 6.07) is 12.0. The molecule has 1 fully saturated rings. The van der Waals surface area contributed by atoms with E-state index in [-0.39, 0.29) is 18.6 Å². The van der Waals surface area contributed by atoms with Crippen LogP contribution in [0.5, 0.6) is 5.75 Å². The Morgan fingerprint density at radius 2 is 2.04 bits per heavy atom. The average molecular weight is 437 g/mol. The molecule has 0 aliphatic carbocycles. The van der Waals surface area contributed by atoms with Gasteiger partial charge in [-0.3, -0.25) is 9.69 Å². The van der Waals surface area contributed by atoms with E-state index < -0.39 is 0 Å². The summed E-state index contributed by atoms with van der Waals surface area (Å²) in [5.74, 6) is 1.41. The lowest BCUT2D eigenvalue weighted by molar-refractivity contribution is -0.123. The van der Waals surface area contributed by atoms with E-state index >= 15 is 0 Å². The number of ether oxygens (including phenoxy) is 1. The maximum absolute atomic E-state index is 12.2. The molecule has 140 valence electrons. The van der Waals surface area contributed by atoms with Crippen LogP contribution in [-0.2, 0) is 4.79 Å². The molecule has 1 aromatic heterocycles. The van der Waals surface area contributed by atoms with Gasteiger partial charge in [0.05, 0.1) is 6.04 Å². The van der Waals surface area contributed by atoms with Gasteiger partial charge in [0.1, 0.15) is 5.75 Å². The van der Waals surface area contributed by atoms with Crippen molar-refractivity contribution >= 4 is 33.2 Å². The normalized spacial score (nSPS) is 17.0. The summed E-state index contributed by atoms with van der Waals surface area (Å²) in [4.78, 5) is 16.0. The number of rotatable bonds is 7. The van der Waals surface area contributed by atoms with Crippen LogP contribution in [0, 0.1) is 5.92 Å². The molecule has 26 heavy (non-hydrogen) atoms. The highest BCUT2D eigenvalue weighted by molar-refractivity contribution is 9.10. The van der Waals surface area contributed by atoms with Crippen molar-refractivity contribution in [3.05, 3.63) is 51.1 Å². The first-order valence-corrected chi connectivity index (χ1v) is 10.7. The Bertz CT molecular complexity index is 682. The highest BCUT2D eigenvalue weighted by Crippen LogP contribution is 2.29. The van der Waals surface area contributed by atoms with Gasteiger partial charge in [-0.15, -0.1) is 11.3 Å². The Hall–Kier alpha value is -1.37. The maximum Gasteiger partial charge on any atom is 0.258 e. The number of carbonyl (C=O) groups excluding carboxylic acids is 1. The van der Waals surface area contributed by atoms with E-state index in [1.807, 2.05) is 24.3 Å². The van der Waals surface area contributed by atoms with Crippen molar-refractivity contribution in [1.29, 1.82) is 0 Å². The Labute approximate surface area is 167 Å². The molecule has 0 unspecified atom stereocenters. The van der Waals surface area contributed by atoms with Crippen LogP contribution in [-0.4, -0.2) is 37.0 Å². The molecule has 0 spiro atoms. The molecule has 1 atom stereocenters. The Kier molecular flexibility index (Phi) is 7.11. The lowest BCUT2D eigenvalue weighted by Crippen LogP contribution is -2.42. The molecule has 0 radical (unpaired) electrons. The molecular weight excluding hydrogens is 412 g/mol. The molecule has 2 aromatic rings. The first kappa shape index (κ1) is 19.4. The van der Waals surface area contributed by atoms with E-state index in [0.717, 1.165) is 23.5 Å². The van der Waals surface area contributed by atoms with Crippen molar-refractivity contribution < 1.29 is 9.53 Å². The van der Waals surface area contributed by atoms with Crippen molar-refractivity contribution in [3.8, 4) is 5.75 Å². The molecule has 1 amide bonds. The molecule has 6 heteroatoms. The van der Waals surface area contributed by atoms with Crippen molar-refractivity contribution in [2.45, 2.75) is 25.8 Å². The van der Waals surface area contributed by atoms with Crippen LogP contribution in [0.2, 0.25) is 0 Å². The Morgan fingerprint density at radius 1 is 1.31 bits per heavy atom. The second-order valence-corrected chi connectivity index (χ2v) is 8.69. The number of nitrogens with one attached hydrogen (secondary N) is 1. The van der Waals surface area contributed by atoms with Gasteiger partial charge < -0.3 is 10.1 Å². The fourth-order valence-electron chi connectivity index (χ4n) is 3.17. The zero-order chi connectivity index (χ0) is 18.4. The van der Waals surface area contributed by atoms with Gasteiger partial charge in [-0.2, -0.15) is 0 Å². The van der Waals surface area contributed by atoms with Gasteiger partial charge in [-0.1, -0.05) is 28.9 Å². The fraction of sp³-hybridized carbons (Fsp3) is 0.450. The Balaban J connectivity index is 1.52. The standard InChI is InChI=1S/C20H25BrN2O2S/c1-15-8-10-23(11-9-15)18(19-3-2-12-26-19)13-22-20(24)14-25-17-6-4-16(21)5-7-17/h2-7,12,15,18H,8-11,13-14H2,1H3,(H,22,24)/t18-/m0/s1. The first-order chi connectivity index (χ1) is 12.6. The van der Waals surface area contributed by atoms with E-state index in [9.17, 15) is 4.79 Å². The lowest BCUT2D eigenvalue weighted by atomic mass is 9.97. The van der Waals surface area contributed by atoms with Crippen molar-refractivity contribution in [3.63, 3.8) is 0 Å². The molecule has 2 heterocycles. The van der Waals surface area contributed by atoms with E-state index in [1.54, 1.807) is 11.3 Å². The van der Waals surface area contributed by atoms with Crippen LogP contribution in [0.1, 0.15) is 30.7 Å². The second kappa shape index (κ2) is 9.53. The minimum absolute atomic E-state index is 0.0375. The van der Waals surface area contributed by atoms with E-state index in [1.165, 1.54) is 17.7 Å². The number of likely N-dealkylation sites (tertiary alicyclic amines) is 1. The van der Waals surface area contributed by atoms with Gasteiger partial charge in [0.2, 0.25) is 0 Å². The monoisotopic (exact) mass is 436 g/mol. The number of piperidine rings is 1. The third-order valence-electron chi connectivity index (χ3n) is 4.81. The molecule has 0 saturated carbocycles. The van der Waals surface area contributed by atoms with Gasteiger partial charge in [0.25, 0.3) is 5.91 Å². The summed E-state index contributed by atoms with van der Waals surface area (Å²) < 4.78 is 6.55. The molecule has 0 bridgehead atoms. The molecule has 1 aromatic carbocycles. The SMILES string of the molecule is CC1CCN([C@@H](CNC(=O)COc2ccc(Br)cc2)c2cccs2)CC1. The summed E-state index contributed by atoms with van der Waals surface area (Å²) in [6.07, 6.45) is 2.45. The smallest absolute Gasteiger partial charge is 0.258 e. The summed E-state index contributed by atoms with van der Waals surface area (Å²) in [5.41, 5.74) is 0. The van der Waals surface area contributed by atoms with E-state index in [0.29, 0.717) is 12.3 Å². The molecule has 4 nitrogen and oxygen atoms in total. The number of amides is 1. The fourth-order valence-corrected chi connectivity index (χ4v) is 4.30. The van der Waals surface area contributed by atoms with Gasteiger partial charge in [0, 0.05) is 15.9 Å². The van der Waals surface area contributed by atoms with Crippen LogP contribution in [0.15, 0.2) is 46.3 Å². The lowest BCUT2D eigenvalue weighted by Gasteiger charge is -2.36. The van der Waals surface area contributed by atoms with Crippen LogP contribution in [0.25, 0.3) is 0 Å².